The van der Waals surface area contributed by atoms with Gasteiger partial charge in [-0.25, -0.2) is 0 Å². The first kappa shape index (κ1) is 11.9. The van der Waals surface area contributed by atoms with Crippen molar-refractivity contribution in [3.05, 3.63) is 23.8 Å². The lowest BCUT2D eigenvalue weighted by Crippen LogP contribution is -2.38. The molecule has 1 aromatic carbocycles. The van der Waals surface area contributed by atoms with Crippen molar-refractivity contribution in [3.8, 4) is 0 Å². The smallest absolute Gasteiger partial charge is 0.0393 e. The maximum Gasteiger partial charge on any atom is 0.0393 e. The molecule has 0 bridgehead atoms. The molecule has 2 aliphatic heterocycles. The fourth-order valence-corrected chi connectivity index (χ4v) is 3.14. The molecular weight excluding hydrogens is 220 g/mol. The predicted octanol–water partition coefficient (Wildman–Crippen LogP) is 3.53. The van der Waals surface area contributed by atoms with E-state index in [0.717, 1.165) is 18.4 Å². The summed E-state index contributed by atoms with van der Waals surface area (Å²) in [7, 11) is 0. The zero-order valence-corrected chi connectivity index (χ0v) is 11.6. The van der Waals surface area contributed by atoms with Gasteiger partial charge >= 0.3 is 0 Å². The van der Waals surface area contributed by atoms with Crippen LogP contribution in [-0.2, 0) is 6.42 Å². The third-order valence-electron chi connectivity index (χ3n) is 4.73. The van der Waals surface area contributed by atoms with E-state index in [1.54, 1.807) is 0 Å². The van der Waals surface area contributed by atoms with Crippen LogP contribution in [0, 0.1) is 11.8 Å². The van der Waals surface area contributed by atoms with Crippen LogP contribution in [0.15, 0.2) is 18.2 Å². The summed E-state index contributed by atoms with van der Waals surface area (Å²) in [4.78, 5) is 2.56. The molecule has 0 saturated carbocycles. The fraction of sp³-hybridized carbons (Fsp3) is 0.625. The second-order valence-electron chi connectivity index (χ2n) is 6.06. The van der Waals surface area contributed by atoms with Crippen LogP contribution in [0.1, 0.15) is 32.3 Å². The van der Waals surface area contributed by atoms with E-state index in [0.29, 0.717) is 0 Å². The molecular formula is C16H24N2. The molecule has 98 valence electrons. The quantitative estimate of drug-likeness (QED) is 0.813. The van der Waals surface area contributed by atoms with E-state index in [-0.39, 0.29) is 0 Å². The number of rotatable bonds is 1. The average molecular weight is 244 g/mol. The standard InChI is InChI=1S/C16H24N2/c1-12-7-9-18(11-13(12)2)15-6-5-14-4-3-8-17-16(14)10-15/h5-6,10,12-13,17H,3-4,7-9,11H2,1-2H3. The number of hydrogen-bond acceptors (Lipinski definition) is 2. The first-order valence-electron chi connectivity index (χ1n) is 7.36. The first-order chi connectivity index (χ1) is 8.74. The number of hydrogen-bond donors (Lipinski definition) is 1. The van der Waals surface area contributed by atoms with Crippen molar-refractivity contribution in [1.82, 2.24) is 0 Å². The minimum atomic E-state index is 0.808. The summed E-state index contributed by atoms with van der Waals surface area (Å²) in [6, 6.07) is 6.99. The fourth-order valence-electron chi connectivity index (χ4n) is 3.14. The Morgan fingerprint density at radius 2 is 2.11 bits per heavy atom. The van der Waals surface area contributed by atoms with Crippen LogP contribution in [0.5, 0.6) is 0 Å². The van der Waals surface area contributed by atoms with E-state index >= 15 is 0 Å². The highest BCUT2D eigenvalue weighted by atomic mass is 15.1. The molecule has 0 spiro atoms. The Morgan fingerprint density at radius 1 is 1.22 bits per heavy atom. The van der Waals surface area contributed by atoms with Crippen molar-refractivity contribution < 1.29 is 0 Å². The van der Waals surface area contributed by atoms with E-state index in [1.165, 1.54) is 49.3 Å². The summed E-state index contributed by atoms with van der Waals surface area (Å²) in [5.41, 5.74) is 4.26. The SMILES string of the molecule is CC1CCN(c2ccc3c(c2)NCCC3)CC1C. The number of benzene rings is 1. The van der Waals surface area contributed by atoms with Crippen LogP contribution >= 0.6 is 0 Å². The van der Waals surface area contributed by atoms with Crippen LogP contribution in [0.4, 0.5) is 11.4 Å². The Balaban J connectivity index is 1.80. The monoisotopic (exact) mass is 244 g/mol. The van der Waals surface area contributed by atoms with Crippen molar-refractivity contribution in [3.63, 3.8) is 0 Å². The van der Waals surface area contributed by atoms with Gasteiger partial charge in [-0.3, -0.25) is 0 Å². The number of piperidine rings is 1. The third kappa shape index (κ3) is 2.21. The van der Waals surface area contributed by atoms with Crippen molar-refractivity contribution in [2.24, 2.45) is 11.8 Å². The molecule has 2 aliphatic rings. The number of aryl methyl sites for hydroxylation is 1. The van der Waals surface area contributed by atoms with Gasteiger partial charge in [-0.2, -0.15) is 0 Å². The largest absolute Gasteiger partial charge is 0.385 e. The number of anilines is 2. The molecule has 1 N–H and O–H groups in total. The zero-order valence-electron chi connectivity index (χ0n) is 11.6. The lowest BCUT2D eigenvalue weighted by atomic mass is 9.88. The summed E-state index contributed by atoms with van der Waals surface area (Å²) >= 11 is 0. The van der Waals surface area contributed by atoms with Gasteiger partial charge in [0.25, 0.3) is 0 Å². The molecule has 1 fully saturated rings. The van der Waals surface area contributed by atoms with E-state index in [1.807, 2.05) is 0 Å². The molecule has 0 aromatic heterocycles. The zero-order chi connectivity index (χ0) is 12.5. The summed E-state index contributed by atoms with van der Waals surface area (Å²) in [6.45, 7) is 8.32. The van der Waals surface area contributed by atoms with Crippen molar-refractivity contribution in [2.75, 3.05) is 29.9 Å². The normalized spacial score (nSPS) is 27.6. The van der Waals surface area contributed by atoms with Crippen LogP contribution in [0.2, 0.25) is 0 Å². The molecule has 2 nitrogen and oxygen atoms in total. The highest BCUT2D eigenvalue weighted by Gasteiger charge is 2.23. The lowest BCUT2D eigenvalue weighted by molar-refractivity contribution is 0.324. The molecule has 0 aliphatic carbocycles. The summed E-state index contributed by atoms with van der Waals surface area (Å²) in [5.74, 6) is 1.68. The molecule has 0 amide bonds. The molecule has 0 radical (unpaired) electrons. The highest BCUT2D eigenvalue weighted by molar-refractivity contribution is 5.63. The predicted molar refractivity (Wildman–Crippen MR) is 78.4 cm³/mol. The molecule has 18 heavy (non-hydrogen) atoms. The highest BCUT2D eigenvalue weighted by Crippen LogP contribution is 2.31. The van der Waals surface area contributed by atoms with Gasteiger partial charge in [0.1, 0.15) is 0 Å². The minimum absolute atomic E-state index is 0.808. The van der Waals surface area contributed by atoms with Crippen molar-refractivity contribution in [2.45, 2.75) is 33.1 Å². The van der Waals surface area contributed by atoms with Crippen LogP contribution in [0.25, 0.3) is 0 Å². The second-order valence-corrected chi connectivity index (χ2v) is 6.06. The minimum Gasteiger partial charge on any atom is -0.385 e. The Morgan fingerprint density at radius 3 is 2.94 bits per heavy atom. The van der Waals surface area contributed by atoms with Gasteiger partial charge in [0.05, 0.1) is 0 Å². The Kier molecular flexibility index (Phi) is 3.19. The van der Waals surface area contributed by atoms with Gasteiger partial charge in [0.15, 0.2) is 0 Å². The summed E-state index contributed by atoms with van der Waals surface area (Å²) in [6.07, 6.45) is 3.83. The van der Waals surface area contributed by atoms with Crippen LogP contribution in [0.3, 0.4) is 0 Å². The molecule has 1 saturated heterocycles. The maximum atomic E-state index is 3.54. The summed E-state index contributed by atoms with van der Waals surface area (Å²) < 4.78 is 0. The molecule has 2 atom stereocenters. The second kappa shape index (κ2) is 4.83. The molecule has 2 heteroatoms. The van der Waals surface area contributed by atoms with E-state index in [9.17, 15) is 0 Å². The number of nitrogens with zero attached hydrogens (tertiary/aromatic N) is 1. The molecule has 2 heterocycles. The van der Waals surface area contributed by atoms with Gasteiger partial charge in [-0.05, 0) is 48.8 Å². The van der Waals surface area contributed by atoms with Gasteiger partial charge < -0.3 is 10.2 Å². The number of nitrogens with one attached hydrogen (secondary N) is 1. The van der Waals surface area contributed by atoms with Crippen molar-refractivity contribution in [1.29, 1.82) is 0 Å². The van der Waals surface area contributed by atoms with Gasteiger partial charge in [0, 0.05) is 31.0 Å². The van der Waals surface area contributed by atoms with Gasteiger partial charge in [-0.1, -0.05) is 19.9 Å². The van der Waals surface area contributed by atoms with E-state index in [4.69, 9.17) is 0 Å². The molecule has 2 unspecified atom stereocenters. The van der Waals surface area contributed by atoms with Crippen molar-refractivity contribution >= 4 is 11.4 Å². The number of fused-ring (bicyclic) bond motifs is 1. The first-order valence-corrected chi connectivity index (χ1v) is 7.36. The lowest BCUT2D eigenvalue weighted by Gasteiger charge is -2.37. The average Bonchev–Trinajstić information content (AvgIpc) is 2.41. The topological polar surface area (TPSA) is 15.3 Å². The van der Waals surface area contributed by atoms with E-state index < -0.39 is 0 Å². The molecule has 3 rings (SSSR count). The molecule has 1 aromatic rings. The van der Waals surface area contributed by atoms with Crippen LogP contribution in [-0.4, -0.2) is 19.6 Å². The Hall–Kier alpha value is -1.18. The summed E-state index contributed by atoms with van der Waals surface area (Å²) in [5, 5.41) is 3.54. The maximum absolute atomic E-state index is 3.54. The Bertz CT molecular complexity index is 427. The third-order valence-corrected chi connectivity index (χ3v) is 4.73. The van der Waals surface area contributed by atoms with Gasteiger partial charge in [0.2, 0.25) is 0 Å². The van der Waals surface area contributed by atoms with Crippen LogP contribution < -0.4 is 10.2 Å². The Labute approximate surface area is 110 Å². The van der Waals surface area contributed by atoms with Gasteiger partial charge in [-0.15, -0.1) is 0 Å². The van der Waals surface area contributed by atoms with E-state index in [2.05, 4.69) is 42.3 Å².